The summed E-state index contributed by atoms with van der Waals surface area (Å²) >= 11 is 0. The summed E-state index contributed by atoms with van der Waals surface area (Å²) in [4.78, 5) is 28.3. The Bertz CT molecular complexity index is 1390. The molecule has 1 atom stereocenters. The van der Waals surface area contributed by atoms with Gasteiger partial charge in [0.15, 0.2) is 17.4 Å². The molecule has 2 aromatic carbocycles. The average Bonchev–Trinajstić information content (AvgIpc) is 2.98. The number of halogens is 5. The Morgan fingerprint density at radius 1 is 1.09 bits per heavy atom. The number of hydrogen-bond acceptors (Lipinski definition) is 4. The highest BCUT2D eigenvalue weighted by atomic mass is 19.4. The van der Waals surface area contributed by atoms with Gasteiger partial charge in [-0.15, -0.1) is 0 Å². The van der Waals surface area contributed by atoms with Gasteiger partial charge in [0.05, 0.1) is 16.8 Å². The van der Waals surface area contributed by atoms with Crippen molar-refractivity contribution >= 4 is 24.1 Å². The number of aliphatic imine (C=N–C) groups is 1. The monoisotopic (exact) mass is 650 g/mol. The predicted octanol–water partition coefficient (Wildman–Crippen LogP) is 8.98. The van der Waals surface area contributed by atoms with E-state index in [1.807, 2.05) is 27.7 Å². The lowest BCUT2D eigenvalue weighted by Gasteiger charge is -2.21. The van der Waals surface area contributed by atoms with E-state index < -0.39 is 29.3 Å². The standard InChI is InChI=1S/C21H29F2NO2.C14H14F3N.CH4O/c1-6-7-9-16(12-17-10-8-11-18(22)20(17)23)14(4)19(15(5)25)21(26)24-13(2)3;1-4-5-6-13(18-3)12-9-11(14(15,16)17)8-7-10(12)2;1-2/h8,10-11,13,16H,6-7,9,12H2,1-5H3,(H,24,26);4-9H,3H2,1-2H3;2H,1H3/b19-14-;5-4-,13-6-;. The number of nitrogens with one attached hydrogen (secondary N) is 1. The number of carbonyl (C=O) groups is 2. The number of ketones is 1. The van der Waals surface area contributed by atoms with Gasteiger partial charge in [-0.05, 0) is 102 Å². The SMILES string of the molecule is C=N/C(=C\C=C/C)c1cc(C(F)(F)F)ccc1C.CCCCC(Cc1cccc(F)c1F)/C(C)=C(/C(C)=O)C(=O)NC(C)C.CO. The van der Waals surface area contributed by atoms with Gasteiger partial charge in [0.1, 0.15) is 0 Å². The molecule has 1 unspecified atom stereocenters. The summed E-state index contributed by atoms with van der Waals surface area (Å²) in [5.74, 6) is -2.68. The lowest BCUT2D eigenvalue weighted by molar-refractivity contribution is -0.137. The molecule has 0 saturated heterocycles. The zero-order valence-electron chi connectivity index (χ0n) is 28.0. The molecule has 0 saturated carbocycles. The van der Waals surface area contributed by atoms with Crippen molar-refractivity contribution in [2.24, 2.45) is 10.9 Å². The summed E-state index contributed by atoms with van der Waals surface area (Å²) < 4.78 is 65.6. The molecular weight excluding hydrogens is 603 g/mol. The maximum Gasteiger partial charge on any atom is 0.416 e. The molecule has 0 aliphatic heterocycles. The van der Waals surface area contributed by atoms with Crippen molar-refractivity contribution in [3.05, 3.63) is 99.7 Å². The normalized spacial score (nSPS) is 12.8. The van der Waals surface area contributed by atoms with E-state index in [-0.39, 0.29) is 35.3 Å². The van der Waals surface area contributed by atoms with Gasteiger partial charge in [-0.3, -0.25) is 14.6 Å². The minimum atomic E-state index is -4.35. The minimum absolute atomic E-state index is 0.0978. The Balaban J connectivity index is 0.000000885. The third-order valence-corrected chi connectivity index (χ3v) is 6.87. The fourth-order valence-corrected chi connectivity index (χ4v) is 4.54. The number of hydrogen-bond donors (Lipinski definition) is 2. The largest absolute Gasteiger partial charge is 0.416 e. The third kappa shape index (κ3) is 13.6. The van der Waals surface area contributed by atoms with Crippen LogP contribution in [0, 0.1) is 24.5 Å². The Labute approximate surface area is 270 Å². The second-order valence-electron chi connectivity index (χ2n) is 10.8. The number of amides is 1. The number of aliphatic hydroxyl groups excluding tert-OH is 1. The number of allylic oxidation sites excluding steroid dienone is 4. The van der Waals surface area contributed by atoms with Gasteiger partial charge in [0.2, 0.25) is 0 Å². The summed E-state index contributed by atoms with van der Waals surface area (Å²) in [6.07, 6.45) is 3.52. The van der Waals surface area contributed by atoms with Gasteiger partial charge < -0.3 is 10.4 Å². The smallest absolute Gasteiger partial charge is 0.400 e. The molecule has 0 aromatic heterocycles. The lowest BCUT2D eigenvalue weighted by atomic mass is 9.84. The van der Waals surface area contributed by atoms with Crippen molar-refractivity contribution in [1.29, 1.82) is 0 Å². The number of aliphatic hydroxyl groups is 1. The van der Waals surface area contributed by atoms with Crippen LogP contribution in [0.5, 0.6) is 0 Å². The first-order valence-corrected chi connectivity index (χ1v) is 15.0. The van der Waals surface area contributed by atoms with Crippen LogP contribution >= 0.6 is 0 Å². The molecule has 0 spiro atoms. The molecule has 2 aromatic rings. The molecule has 5 nitrogen and oxygen atoms in total. The van der Waals surface area contributed by atoms with Crippen LogP contribution in [-0.2, 0) is 22.2 Å². The lowest BCUT2D eigenvalue weighted by Crippen LogP contribution is -2.34. The van der Waals surface area contributed by atoms with Crippen molar-refractivity contribution in [3.63, 3.8) is 0 Å². The van der Waals surface area contributed by atoms with Gasteiger partial charge >= 0.3 is 6.18 Å². The van der Waals surface area contributed by atoms with E-state index in [9.17, 15) is 31.5 Å². The summed E-state index contributed by atoms with van der Waals surface area (Å²) in [5.41, 5.74) is 1.93. The molecular formula is C36H47F5N2O3. The van der Waals surface area contributed by atoms with Crippen molar-refractivity contribution in [2.75, 3.05) is 7.11 Å². The van der Waals surface area contributed by atoms with Crippen LogP contribution in [0.2, 0.25) is 0 Å². The summed E-state index contributed by atoms with van der Waals surface area (Å²) in [6.45, 7) is 15.7. The second-order valence-corrected chi connectivity index (χ2v) is 10.8. The molecule has 0 aliphatic carbocycles. The van der Waals surface area contributed by atoms with Gasteiger partial charge in [-0.2, -0.15) is 13.2 Å². The van der Waals surface area contributed by atoms with E-state index in [2.05, 4.69) is 17.0 Å². The number of alkyl halides is 3. The van der Waals surface area contributed by atoms with Crippen molar-refractivity contribution in [1.82, 2.24) is 5.32 Å². The average molecular weight is 651 g/mol. The summed E-state index contributed by atoms with van der Waals surface area (Å²) in [6, 6.07) is 7.60. The first kappa shape index (κ1) is 42.1. The Morgan fingerprint density at radius 3 is 2.22 bits per heavy atom. The summed E-state index contributed by atoms with van der Waals surface area (Å²) in [5, 5.41) is 9.75. The number of aryl methyl sites for hydroxylation is 1. The molecule has 0 fully saturated rings. The van der Waals surface area contributed by atoms with Crippen LogP contribution in [0.25, 0.3) is 5.70 Å². The molecule has 46 heavy (non-hydrogen) atoms. The molecule has 0 aliphatic rings. The number of carbonyl (C=O) groups excluding carboxylic acids is 2. The van der Waals surface area contributed by atoms with Gasteiger partial charge in [0, 0.05) is 18.7 Å². The van der Waals surface area contributed by atoms with Crippen molar-refractivity contribution in [2.45, 2.75) is 86.4 Å². The number of benzene rings is 2. The first-order valence-electron chi connectivity index (χ1n) is 15.0. The van der Waals surface area contributed by atoms with E-state index in [1.165, 1.54) is 19.1 Å². The topological polar surface area (TPSA) is 78.8 Å². The van der Waals surface area contributed by atoms with E-state index in [4.69, 9.17) is 5.11 Å². The zero-order chi connectivity index (χ0) is 35.6. The number of Topliss-reactive ketones (excluding diaryl/α,β-unsaturated/α-hetero) is 1. The fourth-order valence-electron chi connectivity index (χ4n) is 4.54. The molecule has 2 rings (SSSR count). The Kier molecular flexibility index (Phi) is 19.2. The van der Waals surface area contributed by atoms with E-state index in [0.29, 0.717) is 23.3 Å². The Morgan fingerprint density at radius 2 is 1.72 bits per heavy atom. The van der Waals surface area contributed by atoms with Gasteiger partial charge in [0.25, 0.3) is 5.91 Å². The van der Waals surface area contributed by atoms with Gasteiger partial charge in [-0.1, -0.05) is 55.7 Å². The highest BCUT2D eigenvalue weighted by Crippen LogP contribution is 2.33. The quantitative estimate of drug-likeness (QED) is 0.0601. The first-order chi connectivity index (χ1) is 21.6. The van der Waals surface area contributed by atoms with Gasteiger partial charge in [-0.25, -0.2) is 8.78 Å². The molecule has 1 amide bonds. The highest BCUT2D eigenvalue weighted by Gasteiger charge is 2.31. The fraction of sp³-hybridized carbons (Fsp3) is 0.417. The van der Waals surface area contributed by atoms with Crippen LogP contribution < -0.4 is 5.32 Å². The van der Waals surface area contributed by atoms with Crippen molar-refractivity contribution in [3.8, 4) is 0 Å². The number of rotatable bonds is 12. The number of nitrogens with zero attached hydrogens (tertiary/aromatic N) is 1. The van der Waals surface area contributed by atoms with Crippen molar-refractivity contribution < 1.29 is 36.6 Å². The molecule has 10 heteroatoms. The molecule has 0 heterocycles. The maximum atomic E-state index is 14.1. The predicted molar refractivity (Wildman–Crippen MR) is 176 cm³/mol. The van der Waals surface area contributed by atoms with E-state index >= 15 is 0 Å². The highest BCUT2D eigenvalue weighted by molar-refractivity contribution is 6.19. The molecule has 0 radical (unpaired) electrons. The van der Waals surface area contributed by atoms with Crippen LogP contribution in [-0.4, -0.2) is 36.7 Å². The van der Waals surface area contributed by atoms with Crippen LogP contribution in [0.1, 0.15) is 83.1 Å². The zero-order valence-corrected chi connectivity index (χ0v) is 28.0. The minimum Gasteiger partial charge on any atom is -0.400 e. The van der Waals surface area contributed by atoms with Crippen LogP contribution in [0.3, 0.4) is 0 Å². The summed E-state index contributed by atoms with van der Waals surface area (Å²) in [7, 11) is 1.00. The second kappa shape index (κ2) is 21.0. The van der Waals surface area contributed by atoms with Crippen LogP contribution in [0.15, 0.2) is 70.8 Å². The maximum absolute atomic E-state index is 14.1. The van der Waals surface area contributed by atoms with E-state index in [1.54, 1.807) is 38.1 Å². The van der Waals surface area contributed by atoms with Crippen LogP contribution in [0.4, 0.5) is 22.0 Å². The molecule has 0 bridgehead atoms. The third-order valence-electron chi connectivity index (χ3n) is 6.87. The number of unbranched alkanes of at least 4 members (excludes halogenated alkanes) is 1. The van der Waals surface area contributed by atoms with E-state index in [0.717, 1.165) is 43.7 Å². The Hall–Kier alpha value is -3.92. The molecule has 254 valence electrons. The molecule has 2 N–H and O–H groups in total.